The van der Waals surface area contributed by atoms with Gasteiger partial charge in [0, 0.05) is 0 Å². The molecule has 0 aliphatic heterocycles. The Morgan fingerprint density at radius 3 is 0.200 bits per heavy atom. The largest absolute Gasteiger partial charge is 2.00 e. The molecule has 0 saturated heterocycles. The molecule has 0 N–H and O–H groups in total. The zero-order chi connectivity index (χ0) is 0. The Hall–Kier alpha value is 3.44. The maximum atomic E-state index is 0. The zero-order valence-corrected chi connectivity index (χ0v) is 12.9. The first-order valence-corrected chi connectivity index (χ1v) is 0. The summed E-state index contributed by atoms with van der Waals surface area (Å²) in [7, 11) is 0. The van der Waals surface area contributed by atoms with Gasteiger partial charge in [-0.1, -0.05) is 0 Å². The van der Waals surface area contributed by atoms with E-state index in [4.69, 9.17) is 0 Å². The van der Waals surface area contributed by atoms with E-state index in [1.54, 1.807) is 0 Å². The van der Waals surface area contributed by atoms with Gasteiger partial charge in [-0.3, -0.25) is 0 Å². The first kappa shape index (κ1) is 39.5. The molecule has 0 aromatic carbocycles. The molecule has 0 rings (SSSR count). The standard InChI is InChI=1S/5Pt/q5*+2. The first-order valence-electron chi connectivity index (χ1n) is 0. The van der Waals surface area contributed by atoms with Crippen molar-refractivity contribution in [2.75, 3.05) is 0 Å². The summed E-state index contributed by atoms with van der Waals surface area (Å²) < 4.78 is 0. The molecule has 0 aliphatic rings. The molecule has 0 aliphatic carbocycles. The van der Waals surface area contributed by atoms with E-state index in [1.165, 1.54) is 0 Å². The second-order valence-electron chi connectivity index (χ2n) is 0. The summed E-state index contributed by atoms with van der Waals surface area (Å²) in [6, 6.07) is 0. The van der Waals surface area contributed by atoms with Crippen LogP contribution in [-0.2, 0) is 105 Å². The van der Waals surface area contributed by atoms with E-state index in [2.05, 4.69) is 0 Å². The molecule has 5 heteroatoms. The number of hydrogen-bond donors (Lipinski definition) is 0. The van der Waals surface area contributed by atoms with Gasteiger partial charge in [0.1, 0.15) is 0 Å². The van der Waals surface area contributed by atoms with Crippen LogP contribution in [0.5, 0.6) is 0 Å². The van der Waals surface area contributed by atoms with Gasteiger partial charge in [0.2, 0.25) is 0 Å². The van der Waals surface area contributed by atoms with Crippen LogP contribution < -0.4 is 0 Å². The molecule has 0 radical (unpaired) electrons. The topological polar surface area (TPSA) is 0 Å². The summed E-state index contributed by atoms with van der Waals surface area (Å²) in [6.07, 6.45) is 0. The Morgan fingerprint density at radius 1 is 0.200 bits per heavy atom. The van der Waals surface area contributed by atoms with Crippen molar-refractivity contribution < 1.29 is 105 Å². The molecule has 0 aromatic heterocycles. The van der Waals surface area contributed by atoms with Crippen molar-refractivity contribution in [2.24, 2.45) is 0 Å². The molecule has 5 heavy (non-hydrogen) atoms. The summed E-state index contributed by atoms with van der Waals surface area (Å²) in [4.78, 5) is 0. The minimum Gasteiger partial charge on any atom is 2.00 e. The molecule has 0 unspecified atom stereocenters. The van der Waals surface area contributed by atoms with Crippen LogP contribution >= 0.6 is 0 Å². The Labute approximate surface area is 103 Å². The van der Waals surface area contributed by atoms with Gasteiger partial charge < -0.3 is 0 Å². The molecule has 0 fully saturated rings. The fraction of sp³-hybridized carbons (Fsp3) is 0. The fourth-order valence-electron chi connectivity index (χ4n) is 0. The van der Waals surface area contributed by atoms with Crippen molar-refractivity contribution in [2.45, 2.75) is 0 Å². The van der Waals surface area contributed by atoms with Crippen LogP contribution in [0.25, 0.3) is 0 Å². The molecule has 0 heterocycles. The Bertz CT molecular complexity index is 0. The Morgan fingerprint density at radius 2 is 0.200 bits per heavy atom. The summed E-state index contributed by atoms with van der Waals surface area (Å²) in [5.74, 6) is 0. The smallest absolute Gasteiger partial charge is 2.00 e. The predicted octanol–water partition coefficient (Wildman–Crippen LogP) is -0.0125. The van der Waals surface area contributed by atoms with Gasteiger partial charge in [-0.05, 0) is 0 Å². The molecule has 0 aromatic rings. The van der Waals surface area contributed by atoms with Crippen molar-refractivity contribution >= 4 is 0 Å². The van der Waals surface area contributed by atoms with Crippen molar-refractivity contribution in [1.82, 2.24) is 0 Å². The molecule has 0 amide bonds. The average molecular weight is 975 g/mol. The van der Waals surface area contributed by atoms with E-state index in [0.29, 0.717) is 0 Å². The van der Waals surface area contributed by atoms with Gasteiger partial charge in [-0.25, -0.2) is 0 Å². The van der Waals surface area contributed by atoms with Crippen molar-refractivity contribution in [3.63, 3.8) is 0 Å². The molecule has 0 atom stereocenters. The number of rotatable bonds is 0. The molecule has 0 bridgehead atoms. The SMILES string of the molecule is [Pt+2].[Pt+2].[Pt+2].[Pt+2].[Pt+2]. The van der Waals surface area contributed by atoms with E-state index in [-0.39, 0.29) is 105 Å². The van der Waals surface area contributed by atoms with Crippen molar-refractivity contribution in [3.8, 4) is 0 Å². The third-order valence-electron chi connectivity index (χ3n) is 0. The van der Waals surface area contributed by atoms with Crippen LogP contribution in [0, 0.1) is 0 Å². The van der Waals surface area contributed by atoms with Crippen molar-refractivity contribution in [3.05, 3.63) is 0 Å². The maximum Gasteiger partial charge on any atom is 2.00 e. The van der Waals surface area contributed by atoms with E-state index in [0.717, 1.165) is 0 Å². The van der Waals surface area contributed by atoms with Gasteiger partial charge in [0.25, 0.3) is 0 Å². The fourth-order valence-corrected chi connectivity index (χ4v) is 0. The Kier molecular flexibility index (Phi) is 206. The third kappa shape index (κ3) is 18.6. The van der Waals surface area contributed by atoms with Gasteiger partial charge in [0.05, 0.1) is 0 Å². The van der Waals surface area contributed by atoms with E-state index >= 15 is 0 Å². The first-order chi connectivity index (χ1) is 0. The molecule has 0 spiro atoms. The molecular weight excluding hydrogens is 975 g/mol. The predicted molar refractivity (Wildman–Crippen MR) is 0 cm³/mol. The van der Waals surface area contributed by atoms with Gasteiger partial charge in [-0.15, -0.1) is 0 Å². The van der Waals surface area contributed by atoms with Crippen molar-refractivity contribution in [1.29, 1.82) is 0 Å². The molecule has 0 nitrogen and oxygen atoms in total. The van der Waals surface area contributed by atoms with Crippen LogP contribution in [0.4, 0.5) is 0 Å². The minimum absolute atomic E-state index is 0. The second kappa shape index (κ2) is 26.1. The van der Waals surface area contributed by atoms with Crippen LogP contribution in [0.15, 0.2) is 0 Å². The monoisotopic (exact) mass is 975 g/mol. The Balaban J connectivity index is 0. The maximum absolute atomic E-state index is 0. The van der Waals surface area contributed by atoms with Gasteiger partial charge in [0.15, 0.2) is 0 Å². The van der Waals surface area contributed by atoms with Crippen LogP contribution in [0.1, 0.15) is 0 Å². The van der Waals surface area contributed by atoms with E-state index < -0.39 is 0 Å². The molecule has 40 valence electrons. The molecule has 0 saturated carbocycles. The summed E-state index contributed by atoms with van der Waals surface area (Å²) >= 11 is 0. The van der Waals surface area contributed by atoms with Crippen LogP contribution in [0.3, 0.4) is 0 Å². The van der Waals surface area contributed by atoms with Crippen LogP contribution in [0.2, 0.25) is 0 Å². The summed E-state index contributed by atoms with van der Waals surface area (Å²) in [6.45, 7) is 0. The summed E-state index contributed by atoms with van der Waals surface area (Å²) in [5.41, 5.74) is 0. The average Bonchev–Trinajstić information content (AvgIpc) is 0. The van der Waals surface area contributed by atoms with Crippen LogP contribution in [-0.4, -0.2) is 0 Å². The minimum atomic E-state index is 0. The summed E-state index contributed by atoms with van der Waals surface area (Å²) in [5, 5.41) is 0. The third-order valence-corrected chi connectivity index (χ3v) is 0. The molecular formula is Pt5+10. The van der Waals surface area contributed by atoms with Gasteiger partial charge in [-0.2, -0.15) is 0 Å². The quantitative estimate of drug-likeness (QED) is 0.321. The number of hydrogen-bond acceptors (Lipinski definition) is 0. The zero-order valence-electron chi connectivity index (χ0n) is 1.58. The van der Waals surface area contributed by atoms with E-state index in [9.17, 15) is 0 Å². The van der Waals surface area contributed by atoms with E-state index in [1.807, 2.05) is 0 Å². The normalized spacial score (nSPS) is 0. The second-order valence-corrected chi connectivity index (χ2v) is 0. The van der Waals surface area contributed by atoms with Gasteiger partial charge >= 0.3 is 105 Å².